The van der Waals surface area contributed by atoms with Crippen LogP contribution < -0.4 is 9.64 Å². The fraction of sp³-hybridized carbons (Fsp3) is 0.391. The van der Waals surface area contributed by atoms with Crippen LogP contribution in [0.5, 0.6) is 5.75 Å². The van der Waals surface area contributed by atoms with E-state index in [4.69, 9.17) is 26.5 Å². The lowest BCUT2D eigenvalue weighted by Gasteiger charge is -2.27. The van der Waals surface area contributed by atoms with Gasteiger partial charge in [0.15, 0.2) is 5.71 Å². The van der Waals surface area contributed by atoms with Crippen molar-refractivity contribution in [3.63, 3.8) is 0 Å². The van der Waals surface area contributed by atoms with E-state index in [-0.39, 0.29) is 23.3 Å². The van der Waals surface area contributed by atoms with Crippen LogP contribution in [0.15, 0.2) is 117 Å². The van der Waals surface area contributed by atoms with Crippen molar-refractivity contribution < 1.29 is 49.9 Å². The Balaban J connectivity index is 1.44. The second-order valence-corrected chi connectivity index (χ2v) is 21.0. The summed E-state index contributed by atoms with van der Waals surface area (Å²) >= 11 is 5.69. The van der Waals surface area contributed by atoms with Crippen molar-refractivity contribution in [1.82, 2.24) is 0 Å². The van der Waals surface area contributed by atoms with Crippen LogP contribution in [-0.4, -0.2) is 71.2 Å². The molecule has 3 aromatic rings. The van der Waals surface area contributed by atoms with Gasteiger partial charge in [0.1, 0.15) is 18.1 Å². The highest BCUT2D eigenvalue weighted by molar-refractivity contribution is 7.94. The van der Waals surface area contributed by atoms with Gasteiger partial charge in [0.25, 0.3) is 20.2 Å². The summed E-state index contributed by atoms with van der Waals surface area (Å²) in [6.45, 7) is 11.8. The highest BCUT2D eigenvalue weighted by Crippen LogP contribution is 2.49. The van der Waals surface area contributed by atoms with Crippen LogP contribution in [0.2, 0.25) is 0 Å². The number of aliphatic imine (C=N–C) groups is 1. The average Bonchev–Trinajstić information content (AvgIpc) is 3.56. The molecule has 2 aliphatic heterocycles. The smallest absolute Gasteiger partial charge is 0.264 e. The number of rotatable bonds is 19. The zero-order chi connectivity index (χ0) is 45.6. The highest BCUT2D eigenvalue weighted by Gasteiger charge is 2.45. The molecule has 0 amide bonds. The standard InChI is InChI=1S/C46H53N3O10S4/c1-32-13-21-40-38(29-32)45(2,3)42(48(40)25-6-8-27-62(51,52)53)23-14-33-11-10-12-34(44(33)57-36-18-16-35(17-19-36)47-31-60)15-24-43-46(4,5)39-30-37(61-59-58-50)20-22-41(39)49(43)26-7-9-28-63(54,55)56/h13-24,29-30H,6-12,25-28H2,1-5H3,(H2-,50,51,52,53,54,55,56)/p+1. The Labute approximate surface area is 380 Å². The van der Waals surface area contributed by atoms with Crippen molar-refractivity contribution in [1.29, 1.82) is 0 Å². The summed E-state index contributed by atoms with van der Waals surface area (Å²) < 4.78 is 78.7. The van der Waals surface area contributed by atoms with E-state index in [0.29, 0.717) is 48.7 Å². The molecule has 0 aromatic heterocycles. The predicted octanol–water partition coefficient (Wildman–Crippen LogP) is 10.6. The molecule has 3 aromatic carbocycles. The second-order valence-electron chi connectivity index (χ2n) is 16.9. The number of unbranched alkanes of at least 4 members (excludes halogenated alkanes) is 2. The minimum atomic E-state index is -4.11. The van der Waals surface area contributed by atoms with Gasteiger partial charge in [-0.2, -0.15) is 26.4 Å². The van der Waals surface area contributed by atoms with Crippen LogP contribution in [0.4, 0.5) is 17.1 Å². The van der Waals surface area contributed by atoms with Crippen molar-refractivity contribution in [2.45, 2.75) is 95.3 Å². The van der Waals surface area contributed by atoms with E-state index in [1.54, 1.807) is 0 Å². The Hall–Kier alpha value is -4.26. The first-order valence-electron chi connectivity index (χ1n) is 20.7. The molecule has 0 fully saturated rings. The topological polar surface area (TPSA) is 175 Å². The lowest BCUT2D eigenvalue weighted by Crippen LogP contribution is -2.28. The maximum absolute atomic E-state index is 11.6. The summed E-state index contributed by atoms with van der Waals surface area (Å²) in [5.74, 6) is 0.712. The Kier molecular flexibility index (Phi) is 15.5. The van der Waals surface area contributed by atoms with Gasteiger partial charge in [-0.3, -0.25) is 9.11 Å². The SMILES string of the molecule is Cc1ccc2c(c1)C(C)(C)/C(=C\C=C1/CCCC(/C=C/C3=[N+](CCCCS(=O)(=O)O)c4ccc(SOOO)cc4C3(C)C)=C1Oc1ccc(N=C=S)cc1)N2CCCCS(=O)(=O)O. The van der Waals surface area contributed by atoms with E-state index in [1.165, 1.54) is 5.56 Å². The molecule has 63 heavy (non-hydrogen) atoms. The second kappa shape index (κ2) is 20.3. The van der Waals surface area contributed by atoms with Crippen molar-refractivity contribution in [3.05, 3.63) is 124 Å². The van der Waals surface area contributed by atoms with Gasteiger partial charge in [0.2, 0.25) is 5.69 Å². The Bertz CT molecular complexity index is 2640. The number of allylic oxidation sites excluding steroid dienone is 7. The van der Waals surface area contributed by atoms with E-state index in [2.05, 4.69) is 102 Å². The van der Waals surface area contributed by atoms with Crippen LogP contribution in [0.25, 0.3) is 0 Å². The first-order valence-corrected chi connectivity index (χ1v) is 25.1. The molecule has 0 radical (unpaired) electrons. The number of isothiocyanates is 1. The third-order valence-electron chi connectivity index (χ3n) is 11.7. The number of hydrogen-bond donors (Lipinski definition) is 3. The lowest BCUT2D eigenvalue weighted by molar-refractivity contribution is -0.438. The van der Waals surface area contributed by atoms with E-state index >= 15 is 0 Å². The van der Waals surface area contributed by atoms with Crippen molar-refractivity contribution >= 4 is 72.4 Å². The molecule has 0 spiro atoms. The van der Waals surface area contributed by atoms with Gasteiger partial charge in [0, 0.05) is 52.4 Å². The van der Waals surface area contributed by atoms with Gasteiger partial charge >= 0.3 is 0 Å². The molecule has 2 heterocycles. The maximum Gasteiger partial charge on any atom is 0.264 e. The maximum atomic E-state index is 11.6. The van der Waals surface area contributed by atoms with E-state index in [9.17, 15) is 25.9 Å². The zero-order valence-electron chi connectivity index (χ0n) is 36.0. The number of fused-ring (bicyclic) bond motifs is 2. The van der Waals surface area contributed by atoms with Crippen LogP contribution in [0, 0.1) is 6.92 Å². The molecule has 1 aliphatic carbocycles. The van der Waals surface area contributed by atoms with Crippen LogP contribution in [0.1, 0.15) is 89.3 Å². The number of hydrogen-bond acceptors (Lipinski definition) is 12. The van der Waals surface area contributed by atoms with Crippen molar-refractivity contribution in [2.75, 3.05) is 29.5 Å². The Morgan fingerprint density at radius 1 is 0.873 bits per heavy atom. The summed E-state index contributed by atoms with van der Waals surface area (Å²) in [6, 6.07) is 19.5. The van der Waals surface area contributed by atoms with Gasteiger partial charge in [-0.1, -0.05) is 42.7 Å². The molecule has 0 saturated heterocycles. The molecular weight excluding hydrogens is 883 g/mol. The number of nitrogens with zero attached hydrogens (tertiary/aromatic N) is 3. The first-order chi connectivity index (χ1) is 29.8. The molecule has 0 saturated carbocycles. The van der Waals surface area contributed by atoms with Gasteiger partial charge in [0.05, 0.1) is 39.8 Å². The van der Waals surface area contributed by atoms with E-state index in [0.717, 1.165) is 82.1 Å². The lowest BCUT2D eigenvalue weighted by atomic mass is 9.81. The van der Waals surface area contributed by atoms with Gasteiger partial charge < -0.3 is 9.64 Å². The van der Waals surface area contributed by atoms with E-state index < -0.39 is 25.7 Å². The summed E-state index contributed by atoms with van der Waals surface area (Å²) in [5.41, 5.74) is 9.11. The molecule has 336 valence electrons. The normalized spacial score (nSPS) is 18.4. The minimum absolute atomic E-state index is 0.280. The number of anilines is 1. The van der Waals surface area contributed by atoms with Crippen molar-refractivity contribution in [3.8, 4) is 5.75 Å². The average molecular weight is 937 g/mol. The largest absolute Gasteiger partial charge is 0.457 e. The Morgan fingerprint density at radius 2 is 1.59 bits per heavy atom. The molecule has 3 N–H and O–H groups in total. The third kappa shape index (κ3) is 11.9. The summed E-state index contributed by atoms with van der Waals surface area (Å²) in [4.78, 5) is 7.06. The fourth-order valence-electron chi connectivity index (χ4n) is 8.61. The van der Waals surface area contributed by atoms with Gasteiger partial charge in [-0.05, 0) is 143 Å². The number of benzene rings is 3. The molecule has 17 heteroatoms. The number of ether oxygens (including phenoxy) is 1. The predicted molar refractivity (Wildman–Crippen MR) is 251 cm³/mol. The van der Waals surface area contributed by atoms with E-state index in [1.807, 2.05) is 42.5 Å². The fourth-order valence-corrected chi connectivity index (χ4v) is 10.3. The quantitative estimate of drug-likeness (QED) is 0.0151. The number of aryl methyl sites for hydroxylation is 1. The first kappa shape index (κ1) is 48.2. The summed E-state index contributed by atoms with van der Waals surface area (Å²) in [7, 11) is -8.18. The molecule has 3 aliphatic rings. The summed E-state index contributed by atoms with van der Waals surface area (Å²) in [6.07, 6.45) is 12.5. The molecule has 0 atom stereocenters. The van der Waals surface area contributed by atoms with Crippen LogP contribution in [0.3, 0.4) is 0 Å². The van der Waals surface area contributed by atoms with Crippen molar-refractivity contribution in [2.24, 2.45) is 4.99 Å². The van der Waals surface area contributed by atoms with Gasteiger partial charge in [-0.15, -0.1) is 4.33 Å². The third-order valence-corrected chi connectivity index (χ3v) is 14.0. The highest BCUT2D eigenvalue weighted by atomic mass is 32.2. The molecule has 6 rings (SSSR count). The molecule has 13 nitrogen and oxygen atoms in total. The zero-order valence-corrected chi connectivity index (χ0v) is 39.3. The molecule has 0 bridgehead atoms. The van der Waals surface area contributed by atoms with Crippen LogP contribution >= 0.6 is 24.3 Å². The monoisotopic (exact) mass is 936 g/mol. The van der Waals surface area contributed by atoms with Crippen LogP contribution in [-0.2, 0) is 40.4 Å². The minimum Gasteiger partial charge on any atom is -0.457 e. The van der Waals surface area contributed by atoms with Gasteiger partial charge in [-0.25, -0.2) is 5.26 Å². The number of thiocarbonyl (C=S) groups is 1. The summed E-state index contributed by atoms with van der Waals surface area (Å²) in [5, 5.41) is 15.0. The molecular formula is C46H54N3O10S4+. The Morgan fingerprint density at radius 3 is 2.27 bits per heavy atom. The molecule has 0 unspecified atom stereocenters.